The molecule has 0 radical (unpaired) electrons. The standard InChI is InChI=1S/C38H58N10O14S/c1-63-9-6-23(43-29(52)13-39)36(60)46-17-20(49)10-26(46)33(57)40-14-30(53)44-7-2-4-24(44)37(61)47-18-21(50)11-27(47)34(58)41-15-31(54)45-8-3-5-25(45)38(62)48-19-22(51)12-28(48)35(59)42-16-32(55)56/h20-28,49-51H,2-19,39H2,1H3,(H,40,57)(H,41,58)(H,42,59)(H,43,52)(H,55,56)/t20-,21-,22-,23+,24+,25+,26+,27+,28+/m1/s1. The largest absolute Gasteiger partial charge is 0.480 e. The molecule has 5 aliphatic rings. The van der Waals surface area contributed by atoms with Crippen LogP contribution in [0.1, 0.15) is 51.4 Å². The number of rotatable bonds is 17. The molecule has 350 valence electrons. The Morgan fingerprint density at radius 2 is 1.03 bits per heavy atom. The van der Waals surface area contributed by atoms with Gasteiger partial charge in [0.15, 0.2) is 0 Å². The third-order valence-corrected chi connectivity index (χ3v) is 12.6. The minimum atomic E-state index is -1.29. The zero-order valence-corrected chi connectivity index (χ0v) is 35.8. The number of β-amino-alcohol motifs (C(OH)–C–C–N with tert-alkyl or cyclic N) is 3. The van der Waals surface area contributed by atoms with E-state index in [0.717, 1.165) is 9.80 Å². The van der Waals surface area contributed by atoms with Crippen LogP contribution >= 0.6 is 11.8 Å². The molecule has 0 aromatic carbocycles. The zero-order chi connectivity index (χ0) is 46.1. The van der Waals surface area contributed by atoms with E-state index in [9.17, 15) is 63.3 Å². The molecule has 5 aliphatic heterocycles. The van der Waals surface area contributed by atoms with E-state index in [0.29, 0.717) is 18.6 Å². The van der Waals surface area contributed by atoms with Gasteiger partial charge in [0, 0.05) is 52.0 Å². The quantitative estimate of drug-likeness (QED) is 0.0655. The minimum Gasteiger partial charge on any atom is -0.480 e. The molecule has 0 aliphatic carbocycles. The molecule has 5 fully saturated rings. The summed E-state index contributed by atoms with van der Waals surface area (Å²) in [6.45, 7) is -2.46. The number of nitrogens with one attached hydrogen (secondary N) is 4. The average molecular weight is 911 g/mol. The summed E-state index contributed by atoms with van der Waals surface area (Å²) >= 11 is 1.45. The number of carbonyl (C=O) groups excluding carboxylic acids is 9. The number of thioether (sulfide) groups is 1. The Morgan fingerprint density at radius 1 is 0.619 bits per heavy atom. The Bertz CT molecular complexity index is 1790. The molecule has 9 amide bonds. The molecule has 25 heteroatoms. The molecule has 10 N–H and O–H groups in total. The van der Waals surface area contributed by atoms with E-state index >= 15 is 0 Å². The van der Waals surface area contributed by atoms with Crippen molar-refractivity contribution in [3.05, 3.63) is 0 Å². The maximum absolute atomic E-state index is 14.0. The number of carbonyl (C=O) groups is 10. The number of amides is 9. The first-order valence-electron chi connectivity index (χ1n) is 21.0. The van der Waals surface area contributed by atoms with Crippen LogP contribution < -0.4 is 27.0 Å². The number of nitrogens with zero attached hydrogens (tertiary/aromatic N) is 5. The smallest absolute Gasteiger partial charge is 0.322 e. The van der Waals surface area contributed by atoms with Crippen molar-refractivity contribution in [2.45, 2.75) is 106 Å². The first kappa shape index (κ1) is 48.9. The van der Waals surface area contributed by atoms with Gasteiger partial charge in [0.25, 0.3) is 0 Å². The maximum atomic E-state index is 14.0. The molecule has 0 aromatic heterocycles. The summed E-state index contributed by atoms with van der Waals surface area (Å²) in [5.74, 6) is -6.65. The van der Waals surface area contributed by atoms with Gasteiger partial charge in [-0.2, -0.15) is 11.8 Å². The van der Waals surface area contributed by atoms with Gasteiger partial charge in [0.2, 0.25) is 53.2 Å². The van der Waals surface area contributed by atoms with Gasteiger partial charge in [0.05, 0.1) is 37.9 Å². The van der Waals surface area contributed by atoms with E-state index in [1.54, 1.807) is 0 Å². The second kappa shape index (κ2) is 22.0. The summed E-state index contributed by atoms with van der Waals surface area (Å²) in [5.41, 5.74) is 5.42. The summed E-state index contributed by atoms with van der Waals surface area (Å²) in [5, 5.41) is 49.9. The van der Waals surface area contributed by atoms with E-state index in [2.05, 4.69) is 21.3 Å². The summed E-state index contributed by atoms with van der Waals surface area (Å²) < 4.78 is 0. The third kappa shape index (κ3) is 11.9. The fraction of sp³-hybridized carbons (Fsp3) is 0.737. The van der Waals surface area contributed by atoms with Crippen LogP contribution in [0.5, 0.6) is 0 Å². The zero-order valence-electron chi connectivity index (χ0n) is 35.0. The van der Waals surface area contributed by atoms with Gasteiger partial charge in [0.1, 0.15) is 42.8 Å². The van der Waals surface area contributed by atoms with Gasteiger partial charge in [-0.1, -0.05) is 0 Å². The molecule has 0 saturated carbocycles. The number of hydrogen-bond acceptors (Lipinski definition) is 15. The third-order valence-electron chi connectivity index (χ3n) is 12.0. The lowest BCUT2D eigenvalue weighted by molar-refractivity contribution is -0.148. The van der Waals surface area contributed by atoms with Crippen LogP contribution in [0.15, 0.2) is 0 Å². The molecule has 0 spiro atoms. The Morgan fingerprint density at radius 3 is 1.44 bits per heavy atom. The summed E-state index contributed by atoms with van der Waals surface area (Å²) in [6, 6.07) is -6.54. The lowest BCUT2D eigenvalue weighted by Crippen LogP contribution is -2.56. The summed E-state index contributed by atoms with van der Waals surface area (Å²) in [4.78, 5) is 137. The average Bonchev–Trinajstić information content (AvgIpc) is 4.12. The SMILES string of the molecule is CSCC[C@H](NC(=O)CN)C(=O)N1C[C@H](O)C[C@H]1C(=O)NCC(=O)N1CCC[C@H]1C(=O)N1C[C@H](O)C[C@H]1C(=O)NCC(=O)N1CCC[C@H]1C(=O)N1C[C@H](O)C[C@H]1C(=O)NCC(=O)O. The first-order valence-corrected chi connectivity index (χ1v) is 22.4. The van der Waals surface area contributed by atoms with Gasteiger partial charge in [-0.05, 0) is 44.1 Å². The van der Waals surface area contributed by atoms with Crippen molar-refractivity contribution >= 4 is 70.9 Å². The number of carboxylic acid groups (broad SMARTS) is 1. The Kier molecular flexibility index (Phi) is 17.1. The molecule has 0 unspecified atom stereocenters. The van der Waals surface area contributed by atoms with Crippen LogP contribution in [-0.2, 0) is 47.9 Å². The van der Waals surface area contributed by atoms with Crippen LogP contribution in [0, 0.1) is 0 Å². The number of likely N-dealkylation sites (tertiary alicyclic amines) is 5. The predicted molar refractivity (Wildman–Crippen MR) is 218 cm³/mol. The van der Waals surface area contributed by atoms with Crippen LogP contribution in [0.4, 0.5) is 0 Å². The fourth-order valence-electron chi connectivity index (χ4n) is 8.94. The molecular formula is C38H58N10O14S. The van der Waals surface area contributed by atoms with E-state index in [-0.39, 0.29) is 77.8 Å². The van der Waals surface area contributed by atoms with Crippen molar-refractivity contribution in [2.24, 2.45) is 5.73 Å². The molecule has 0 aromatic rings. The predicted octanol–water partition coefficient (Wildman–Crippen LogP) is -6.52. The van der Waals surface area contributed by atoms with Crippen molar-refractivity contribution in [1.29, 1.82) is 0 Å². The topological polar surface area (TPSA) is 342 Å². The number of hydrogen-bond donors (Lipinski definition) is 9. The minimum absolute atomic E-state index is 0.110. The van der Waals surface area contributed by atoms with Gasteiger partial charge >= 0.3 is 5.97 Å². The second-order valence-electron chi connectivity index (χ2n) is 16.3. The second-order valence-corrected chi connectivity index (χ2v) is 17.3. The highest BCUT2D eigenvalue weighted by molar-refractivity contribution is 7.98. The van der Waals surface area contributed by atoms with Crippen LogP contribution in [0.3, 0.4) is 0 Å². The van der Waals surface area contributed by atoms with Crippen molar-refractivity contribution in [1.82, 2.24) is 45.8 Å². The van der Waals surface area contributed by atoms with Crippen molar-refractivity contribution in [3.63, 3.8) is 0 Å². The normalized spacial score (nSPS) is 27.3. The molecule has 24 nitrogen and oxygen atoms in total. The molecule has 5 saturated heterocycles. The molecular weight excluding hydrogens is 853 g/mol. The Labute approximate surface area is 366 Å². The maximum Gasteiger partial charge on any atom is 0.322 e. The molecule has 0 bridgehead atoms. The van der Waals surface area contributed by atoms with Crippen molar-refractivity contribution < 1.29 is 68.4 Å². The summed E-state index contributed by atoms with van der Waals surface area (Å²) in [6.07, 6.45) is -0.181. The van der Waals surface area contributed by atoms with E-state index in [1.165, 1.54) is 26.5 Å². The highest BCUT2D eigenvalue weighted by Gasteiger charge is 2.47. The van der Waals surface area contributed by atoms with Crippen molar-refractivity contribution in [2.75, 3.05) is 70.9 Å². The van der Waals surface area contributed by atoms with Crippen molar-refractivity contribution in [3.8, 4) is 0 Å². The molecule has 9 atom stereocenters. The van der Waals surface area contributed by atoms with Gasteiger partial charge in [-0.3, -0.25) is 47.9 Å². The number of aliphatic hydroxyl groups is 3. The number of nitrogens with two attached hydrogens (primary N) is 1. The highest BCUT2D eigenvalue weighted by Crippen LogP contribution is 2.28. The lowest BCUT2D eigenvalue weighted by Gasteiger charge is -2.32. The number of aliphatic carboxylic acids is 1. The Balaban J connectivity index is 1.15. The van der Waals surface area contributed by atoms with Crippen LogP contribution in [0.25, 0.3) is 0 Å². The number of aliphatic hydroxyl groups excluding tert-OH is 3. The van der Waals surface area contributed by atoms with Crippen LogP contribution in [0.2, 0.25) is 0 Å². The molecule has 5 heterocycles. The molecule has 63 heavy (non-hydrogen) atoms. The monoisotopic (exact) mass is 910 g/mol. The van der Waals surface area contributed by atoms with Gasteiger partial charge in [-0.15, -0.1) is 0 Å². The first-order chi connectivity index (χ1) is 29.9. The van der Waals surface area contributed by atoms with E-state index in [1.807, 2.05) is 6.26 Å². The van der Waals surface area contributed by atoms with Gasteiger partial charge in [-0.25, -0.2) is 0 Å². The van der Waals surface area contributed by atoms with Gasteiger partial charge < -0.3 is 71.9 Å². The van der Waals surface area contributed by atoms with Crippen LogP contribution in [-0.4, -0.2) is 230 Å². The van der Waals surface area contributed by atoms with E-state index < -0.39 is 133 Å². The molecule has 5 rings (SSSR count). The highest BCUT2D eigenvalue weighted by atomic mass is 32.2. The lowest BCUT2D eigenvalue weighted by atomic mass is 10.1. The summed E-state index contributed by atoms with van der Waals surface area (Å²) in [7, 11) is 0. The van der Waals surface area contributed by atoms with E-state index in [4.69, 9.17) is 10.8 Å². The number of carboxylic acids is 1. The Hall–Kier alpha value is -5.11. The fourth-order valence-corrected chi connectivity index (χ4v) is 9.41.